The maximum Gasteiger partial charge on any atom is 0.413 e. The number of alkyl carbamates (subject to hydrolysis) is 1. The van der Waals surface area contributed by atoms with Crippen molar-refractivity contribution in [1.82, 2.24) is 14.5 Å². The Morgan fingerprint density at radius 2 is 1.76 bits per heavy atom. The zero-order valence-electron chi connectivity index (χ0n) is 13.8. The van der Waals surface area contributed by atoms with Gasteiger partial charge < -0.3 is 4.74 Å². The molecule has 1 heterocycles. The highest BCUT2D eigenvalue weighted by atomic mass is 35.5. The van der Waals surface area contributed by atoms with Gasteiger partial charge in [0.1, 0.15) is 0 Å². The van der Waals surface area contributed by atoms with Gasteiger partial charge >= 0.3 is 6.09 Å². The van der Waals surface area contributed by atoms with Crippen molar-refractivity contribution >= 4 is 33.6 Å². The molecule has 138 valence electrons. The molecule has 1 aliphatic heterocycles. The van der Waals surface area contributed by atoms with E-state index in [4.69, 9.17) is 11.6 Å². The largest absolute Gasteiger partial charge is 0.450 e. The molecule has 1 aromatic carbocycles. The minimum Gasteiger partial charge on any atom is -0.450 e. The summed E-state index contributed by atoms with van der Waals surface area (Å²) >= 11 is 5.78. The summed E-state index contributed by atoms with van der Waals surface area (Å²) in [6.07, 6.45) is -0.781. The van der Waals surface area contributed by atoms with Gasteiger partial charge in [-0.3, -0.25) is 15.0 Å². The Bertz CT molecular complexity index is 715. The fraction of sp³-hybridized carbons (Fsp3) is 0.467. The van der Waals surface area contributed by atoms with E-state index in [2.05, 4.69) is 10.1 Å². The van der Waals surface area contributed by atoms with Crippen LogP contribution < -0.4 is 5.32 Å². The zero-order valence-corrected chi connectivity index (χ0v) is 15.3. The van der Waals surface area contributed by atoms with Crippen molar-refractivity contribution in [1.29, 1.82) is 0 Å². The molecule has 1 fully saturated rings. The van der Waals surface area contributed by atoms with E-state index in [-0.39, 0.29) is 31.1 Å². The number of carbonyl (C=O) groups is 2. The summed E-state index contributed by atoms with van der Waals surface area (Å²) in [5.74, 6) is -0.479. The topological polar surface area (TPSA) is 96.0 Å². The van der Waals surface area contributed by atoms with Crippen LogP contribution in [-0.2, 0) is 19.6 Å². The number of nitrogens with one attached hydrogen (secondary N) is 1. The van der Waals surface area contributed by atoms with Gasteiger partial charge in [-0.05, 0) is 31.2 Å². The summed E-state index contributed by atoms with van der Waals surface area (Å²) < 4.78 is 31.1. The second kappa shape index (κ2) is 8.61. The standard InChI is InChI=1S/C15H20ClN3O5S/c1-2-24-15(21)17-14(20)11-18-7-9-19(10-8-18)25(22,23)13-5-3-12(16)4-6-13/h3-6H,2,7-11H2,1H3,(H,17,20,21). The highest BCUT2D eigenvalue weighted by Crippen LogP contribution is 2.19. The molecule has 0 aromatic heterocycles. The summed E-state index contributed by atoms with van der Waals surface area (Å²) in [5, 5.41) is 2.58. The average molecular weight is 390 g/mol. The smallest absolute Gasteiger partial charge is 0.413 e. The third-order valence-corrected chi connectivity index (χ3v) is 5.83. The molecule has 1 N–H and O–H groups in total. The zero-order chi connectivity index (χ0) is 18.4. The molecule has 2 amide bonds. The summed E-state index contributed by atoms with van der Waals surface area (Å²) in [7, 11) is -3.58. The number of halogens is 1. The molecule has 1 aromatic rings. The minimum absolute atomic E-state index is 0.00759. The molecule has 1 saturated heterocycles. The van der Waals surface area contributed by atoms with Gasteiger partial charge in [-0.25, -0.2) is 13.2 Å². The van der Waals surface area contributed by atoms with Gasteiger partial charge in [-0.1, -0.05) is 11.6 Å². The predicted molar refractivity (Wildman–Crippen MR) is 91.8 cm³/mol. The highest BCUT2D eigenvalue weighted by molar-refractivity contribution is 7.89. The SMILES string of the molecule is CCOC(=O)NC(=O)CN1CCN(S(=O)(=O)c2ccc(Cl)cc2)CC1. The van der Waals surface area contributed by atoms with Crippen molar-refractivity contribution in [2.75, 3.05) is 39.3 Å². The van der Waals surface area contributed by atoms with Gasteiger partial charge in [-0.2, -0.15) is 4.31 Å². The van der Waals surface area contributed by atoms with Crippen molar-refractivity contribution in [3.63, 3.8) is 0 Å². The number of imide groups is 1. The first-order valence-corrected chi connectivity index (χ1v) is 9.59. The summed E-state index contributed by atoms with van der Waals surface area (Å²) in [4.78, 5) is 24.9. The third kappa shape index (κ3) is 5.40. The van der Waals surface area contributed by atoms with Crippen LogP contribution in [0.4, 0.5) is 4.79 Å². The van der Waals surface area contributed by atoms with Gasteiger partial charge in [0, 0.05) is 31.2 Å². The first-order valence-electron chi connectivity index (χ1n) is 7.77. The van der Waals surface area contributed by atoms with Crippen LogP contribution in [0.15, 0.2) is 29.2 Å². The van der Waals surface area contributed by atoms with E-state index in [0.717, 1.165) is 0 Å². The van der Waals surface area contributed by atoms with Crippen LogP contribution >= 0.6 is 11.6 Å². The Hall–Kier alpha value is -1.68. The molecular formula is C15H20ClN3O5S. The number of rotatable bonds is 5. The molecule has 1 aliphatic rings. The normalized spacial score (nSPS) is 16.4. The van der Waals surface area contributed by atoms with Gasteiger partial charge in [0.05, 0.1) is 18.0 Å². The van der Waals surface area contributed by atoms with E-state index in [0.29, 0.717) is 18.1 Å². The van der Waals surface area contributed by atoms with E-state index < -0.39 is 22.0 Å². The lowest BCUT2D eigenvalue weighted by atomic mass is 10.3. The molecule has 25 heavy (non-hydrogen) atoms. The summed E-state index contributed by atoms with van der Waals surface area (Å²) in [6, 6.07) is 6.00. The monoisotopic (exact) mass is 389 g/mol. The van der Waals surface area contributed by atoms with Gasteiger partial charge in [-0.15, -0.1) is 0 Å². The molecular weight excluding hydrogens is 370 g/mol. The van der Waals surface area contributed by atoms with Crippen molar-refractivity contribution < 1.29 is 22.7 Å². The number of carbonyl (C=O) groups excluding carboxylic acids is 2. The number of nitrogens with zero attached hydrogens (tertiary/aromatic N) is 2. The van der Waals surface area contributed by atoms with Gasteiger partial charge in [0.2, 0.25) is 15.9 Å². The Balaban J connectivity index is 1.87. The summed E-state index contributed by atoms with van der Waals surface area (Å²) in [6.45, 7) is 3.14. The molecule has 8 nitrogen and oxygen atoms in total. The average Bonchev–Trinajstić information content (AvgIpc) is 2.55. The molecule has 0 radical (unpaired) electrons. The second-order valence-electron chi connectivity index (χ2n) is 5.40. The molecule has 2 rings (SSSR count). The molecule has 0 atom stereocenters. The first-order chi connectivity index (χ1) is 11.8. The molecule has 0 spiro atoms. The number of piperazine rings is 1. The lowest BCUT2D eigenvalue weighted by Crippen LogP contribution is -2.51. The van der Waals surface area contributed by atoms with Crippen molar-refractivity contribution in [3.8, 4) is 0 Å². The fourth-order valence-electron chi connectivity index (χ4n) is 2.41. The van der Waals surface area contributed by atoms with E-state index in [1.54, 1.807) is 11.8 Å². The molecule has 0 bridgehead atoms. The lowest BCUT2D eigenvalue weighted by molar-refractivity contribution is -0.121. The van der Waals surface area contributed by atoms with E-state index in [9.17, 15) is 18.0 Å². The van der Waals surface area contributed by atoms with Crippen molar-refractivity contribution in [2.24, 2.45) is 0 Å². The van der Waals surface area contributed by atoms with Crippen LogP contribution in [0.1, 0.15) is 6.92 Å². The van der Waals surface area contributed by atoms with Crippen LogP contribution in [0, 0.1) is 0 Å². The van der Waals surface area contributed by atoms with Crippen LogP contribution in [0.3, 0.4) is 0 Å². The quantitative estimate of drug-likeness (QED) is 0.804. The summed E-state index contributed by atoms with van der Waals surface area (Å²) in [5.41, 5.74) is 0. The Morgan fingerprint density at radius 3 is 2.32 bits per heavy atom. The number of ether oxygens (including phenoxy) is 1. The van der Waals surface area contributed by atoms with E-state index >= 15 is 0 Å². The van der Waals surface area contributed by atoms with Crippen LogP contribution in [0.5, 0.6) is 0 Å². The van der Waals surface area contributed by atoms with Crippen LogP contribution in [0.25, 0.3) is 0 Å². The number of hydrogen-bond acceptors (Lipinski definition) is 6. The van der Waals surface area contributed by atoms with Crippen LogP contribution in [-0.4, -0.2) is 69.0 Å². The molecule has 0 unspecified atom stereocenters. The van der Waals surface area contributed by atoms with Crippen molar-refractivity contribution in [2.45, 2.75) is 11.8 Å². The van der Waals surface area contributed by atoms with E-state index in [1.807, 2.05) is 0 Å². The Labute approximate surface area is 151 Å². The number of sulfonamides is 1. The Morgan fingerprint density at radius 1 is 1.16 bits per heavy atom. The molecule has 0 saturated carbocycles. The second-order valence-corrected chi connectivity index (χ2v) is 7.78. The molecule has 10 heteroatoms. The molecule has 0 aliphatic carbocycles. The minimum atomic E-state index is -3.58. The number of amides is 2. The lowest BCUT2D eigenvalue weighted by Gasteiger charge is -2.33. The van der Waals surface area contributed by atoms with Gasteiger partial charge in [0.25, 0.3) is 0 Å². The van der Waals surface area contributed by atoms with Gasteiger partial charge in [0.15, 0.2) is 0 Å². The number of benzene rings is 1. The fourth-order valence-corrected chi connectivity index (χ4v) is 3.96. The van der Waals surface area contributed by atoms with E-state index in [1.165, 1.54) is 28.6 Å². The Kier molecular flexibility index (Phi) is 6.77. The van der Waals surface area contributed by atoms with Crippen molar-refractivity contribution in [3.05, 3.63) is 29.3 Å². The highest BCUT2D eigenvalue weighted by Gasteiger charge is 2.29. The third-order valence-electron chi connectivity index (χ3n) is 3.67. The maximum atomic E-state index is 12.6. The number of hydrogen-bond donors (Lipinski definition) is 1. The maximum absolute atomic E-state index is 12.6. The predicted octanol–water partition coefficient (Wildman–Crippen LogP) is 0.919. The first kappa shape index (κ1) is 19.6. The van der Waals surface area contributed by atoms with Crippen LogP contribution in [0.2, 0.25) is 5.02 Å².